The van der Waals surface area contributed by atoms with E-state index in [0.717, 1.165) is 25.0 Å². The Labute approximate surface area is 114 Å². The van der Waals surface area contributed by atoms with E-state index in [0.29, 0.717) is 18.2 Å². The predicted octanol–water partition coefficient (Wildman–Crippen LogP) is 3.39. The van der Waals surface area contributed by atoms with Crippen molar-refractivity contribution >= 4 is 0 Å². The first kappa shape index (κ1) is 12.9. The SMILES string of the molecule is NCC1(c2cc(F)cc(OCC3CCC3)c2)CCC1. The molecule has 1 aromatic rings. The first-order chi connectivity index (χ1) is 9.22. The fourth-order valence-electron chi connectivity index (χ4n) is 3.04. The smallest absolute Gasteiger partial charge is 0.127 e. The van der Waals surface area contributed by atoms with Gasteiger partial charge in [0.15, 0.2) is 0 Å². The van der Waals surface area contributed by atoms with Crippen molar-refractivity contribution < 1.29 is 9.13 Å². The molecule has 0 saturated heterocycles. The van der Waals surface area contributed by atoms with Crippen LogP contribution in [0.1, 0.15) is 44.1 Å². The summed E-state index contributed by atoms with van der Waals surface area (Å²) in [6.45, 7) is 1.32. The van der Waals surface area contributed by atoms with Crippen LogP contribution in [0.3, 0.4) is 0 Å². The molecule has 0 spiro atoms. The number of ether oxygens (including phenoxy) is 1. The number of halogens is 1. The Kier molecular flexibility index (Phi) is 3.48. The van der Waals surface area contributed by atoms with Crippen LogP contribution >= 0.6 is 0 Å². The van der Waals surface area contributed by atoms with Crippen molar-refractivity contribution in [2.24, 2.45) is 11.7 Å². The molecule has 0 bridgehead atoms. The van der Waals surface area contributed by atoms with Gasteiger partial charge in [0.1, 0.15) is 11.6 Å². The van der Waals surface area contributed by atoms with E-state index < -0.39 is 0 Å². The molecule has 0 heterocycles. The molecule has 2 aliphatic carbocycles. The normalized spacial score (nSPS) is 21.6. The Hall–Kier alpha value is -1.09. The third-order valence-corrected chi connectivity index (χ3v) is 4.90. The number of benzene rings is 1. The number of nitrogens with two attached hydrogens (primary N) is 1. The molecule has 2 nitrogen and oxygen atoms in total. The second-order valence-corrected chi connectivity index (χ2v) is 6.12. The quantitative estimate of drug-likeness (QED) is 0.883. The zero-order chi connectivity index (χ0) is 13.3. The van der Waals surface area contributed by atoms with Gasteiger partial charge >= 0.3 is 0 Å². The van der Waals surface area contributed by atoms with Crippen molar-refractivity contribution in [3.05, 3.63) is 29.6 Å². The molecule has 3 heteroatoms. The molecule has 104 valence electrons. The summed E-state index contributed by atoms with van der Waals surface area (Å²) in [5, 5.41) is 0. The zero-order valence-electron chi connectivity index (χ0n) is 11.3. The lowest BCUT2D eigenvalue weighted by Gasteiger charge is -2.41. The highest BCUT2D eigenvalue weighted by molar-refractivity contribution is 5.36. The molecule has 0 radical (unpaired) electrons. The van der Waals surface area contributed by atoms with Crippen LogP contribution in [0.4, 0.5) is 4.39 Å². The van der Waals surface area contributed by atoms with Crippen molar-refractivity contribution in [3.63, 3.8) is 0 Å². The summed E-state index contributed by atoms with van der Waals surface area (Å²) in [6, 6.07) is 5.11. The molecule has 0 aromatic heterocycles. The van der Waals surface area contributed by atoms with Crippen LogP contribution in [0.15, 0.2) is 18.2 Å². The van der Waals surface area contributed by atoms with Gasteiger partial charge in [0.2, 0.25) is 0 Å². The van der Waals surface area contributed by atoms with E-state index in [-0.39, 0.29) is 11.2 Å². The highest BCUT2D eigenvalue weighted by atomic mass is 19.1. The van der Waals surface area contributed by atoms with Gasteiger partial charge in [0.05, 0.1) is 6.61 Å². The molecule has 2 N–H and O–H groups in total. The molecule has 2 fully saturated rings. The summed E-state index contributed by atoms with van der Waals surface area (Å²) in [7, 11) is 0. The lowest BCUT2D eigenvalue weighted by Crippen LogP contribution is -2.41. The Bertz CT molecular complexity index is 447. The second-order valence-electron chi connectivity index (χ2n) is 6.12. The molecule has 0 aliphatic heterocycles. The minimum Gasteiger partial charge on any atom is -0.493 e. The summed E-state index contributed by atoms with van der Waals surface area (Å²) in [5.74, 6) is 1.13. The van der Waals surface area contributed by atoms with E-state index >= 15 is 0 Å². The Balaban J connectivity index is 1.75. The maximum Gasteiger partial charge on any atom is 0.127 e. The van der Waals surface area contributed by atoms with Crippen LogP contribution < -0.4 is 10.5 Å². The van der Waals surface area contributed by atoms with Gasteiger partial charge in [-0.3, -0.25) is 0 Å². The number of hydrogen-bond donors (Lipinski definition) is 1. The molecule has 0 unspecified atom stereocenters. The van der Waals surface area contributed by atoms with Gasteiger partial charge < -0.3 is 10.5 Å². The van der Waals surface area contributed by atoms with Gasteiger partial charge in [-0.25, -0.2) is 4.39 Å². The highest BCUT2D eigenvalue weighted by Gasteiger charge is 2.37. The average Bonchev–Trinajstić information content (AvgIpc) is 2.25. The van der Waals surface area contributed by atoms with E-state index in [9.17, 15) is 4.39 Å². The fourth-order valence-corrected chi connectivity index (χ4v) is 3.04. The summed E-state index contributed by atoms with van der Waals surface area (Å²) in [6.07, 6.45) is 7.11. The predicted molar refractivity (Wildman–Crippen MR) is 73.8 cm³/mol. The molecule has 19 heavy (non-hydrogen) atoms. The third kappa shape index (κ3) is 2.48. The van der Waals surface area contributed by atoms with E-state index in [2.05, 4.69) is 0 Å². The van der Waals surface area contributed by atoms with Crippen molar-refractivity contribution in [3.8, 4) is 5.75 Å². The topological polar surface area (TPSA) is 35.2 Å². The molecule has 0 amide bonds. The highest BCUT2D eigenvalue weighted by Crippen LogP contribution is 2.44. The lowest BCUT2D eigenvalue weighted by atomic mass is 9.64. The maximum atomic E-state index is 13.8. The van der Waals surface area contributed by atoms with E-state index in [1.165, 1.54) is 31.7 Å². The minimum atomic E-state index is -0.208. The van der Waals surface area contributed by atoms with E-state index in [1.807, 2.05) is 6.07 Å². The van der Waals surface area contributed by atoms with Crippen molar-refractivity contribution in [2.75, 3.05) is 13.2 Å². The third-order valence-electron chi connectivity index (χ3n) is 4.90. The molecule has 2 saturated carbocycles. The first-order valence-corrected chi connectivity index (χ1v) is 7.36. The van der Waals surface area contributed by atoms with Crippen LogP contribution in [-0.2, 0) is 5.41 Å². The molecule has 2 aliphatic rings. The van der Waals surface area contributed by atoms with Gasteiger partial charge in [-0.15, -0.1) is 0 Å². The Morgan fingerprint density at radius 3 is 2.53 bits per heavy atom. The first-order valence-electron chi connectivity index (χ1n) is 7.36. The largest absolute Gasteiger partial charge is 0.493 e. The minimum absolute atomic E-state index is 0.00329. The van der Waals surface area contributed by atoms with E-state index in [1.54, 1.807) is 6.07 Å². The summed E-state index contributed by atoms with van der Waals surface area (Å²) in [4.78, 5) is 0. The molecule has 3 rings (SSSR count). The van der Waals surface area contributed by atoms with Crippen molar-refractivity contribution in [1.29, 1.82) is 0 Å². The van der Waals surface area contributed by atoms with Crippen molar-refractivity contribution in [2.45, 2.75) is 43.9 Å². The maximum absolute atomic E-state index is 13.8. The fraction of sp³-hybridized carbons (Fsp3) is 0.625. The molecule has 0 atom stereocenters. The number of rotatable bonds is 5. The monoisotopic (exact) mass is 263 g/mol. The second kappa shape index (κ2) is 5.12. The number of hydrogen-bond acceptors (Lipinski definition) is 2. The van der Waals surface area contributed by atoms with E-state index in [4.69, 9.17) is 10.5 Å². The zero-order valence-corrected chi connectivity index (χ0v) is 11.3. The van der Waals surface area contributed by atoms with Gasteiger partial charge in [-0.2, -0.15) is 0 Å². The van der Waals surface area contributed by atoms with Crippen molar-refractivity contribution in [1.82, 2.24) is 0 Å². The lowest BCUT2D eigenvalue weighted by molar-refractivity contribution is 0.179. The van der Waals surface area contributed by atoms with Gasteiger partial charge in [0, 0.05) is 18.0 Å². The van der Waals surface area contributed by atoms with Crippen LogP contribution in [0.25, 0.3) is 0 Å². The van der Waals surface area contributed by atoms with Crippen LogP contribution in [0.5, 0.6) is 5.75 Å². The van der Waals surface area contributed by atoms with Crippen LogP contribution in [0.2, 0.25) is 0 Å². The summed E-state index contributed by atoms with van der Waals surface area (Å²) < 4.78 is 19.5. The van der Waals surface area contributed by atoms with Crippen LogP contribution in [0, 0.1) is 11.7 Å². The Morgan fingerprint density at radius 1 is 1.21 bits per heavy atom. The molecular formula is C16H22FNO. The molecule has 1 aromatic carbocycles. The van der Waals surface area contributed by atoms with Gasteiger partial charge in [-0.05, 0) is 49.3 Å². The summed E-state index contributed by atoms with van der Waals surface area (Å²) >= 11 is 0. The van der Waals surface area contributed by atoms with Gasteiger partial charge in [-0.1, -0.05) is 12.8 Å². The van der Waals surface area contributed by atoms with Crippen LogP contribution in [-0.4, -0.2) is 13.2 Å². The standard InChI is InChI=1S/C16H22FNO/c17-14-7-13(16(11-18)5-2-6-16)8-15(9-14)19-10-12-3-1-4-12/h7-9,12H,1-6,10-11,18H2. The van der Waals surface area contributed by atoms with Gasteiger partial charge in [0.25, 0.3) is 0 Å². The summed E-state index contributed by atoms with van der Waals surface area (Å²) in [5.41, 5.74) is 6.91. The molecular weight excluding hydrogens is 241 g/mol. The Morgan fingerprint density at radius 2 is 2.00 bits per heavy atom. The average molecular weight is 263 g/mol.